The summed E-state index contributed by atoms with van der Waals surface area (Å²) in [6.45, 7) is 3.84. The largest absolute Gasteiger partial charge is 0.381 e. The van der Waals surface area contributed by atoms with Gasteiger partial charge in [-0.05, 0) is 44.6 Å². The maximum absolute atomic E-state index is 12.2. The lowest BCUT2D eigenvalue weighted by atomic mass is 10.2. The van der Waals surface area contributed by atoms with Crippen LogP contribution in [0, 0.1) is 0 Å². The van der Waals surface area contributed by atoms with E-state index in [-0.39, 0.29) is 17.8 Å². The monoisotopic (exact) mass is 334 g/mol. The third kappa shape index (κ3) is 3.61. The summed E-state index contributed by atoms with van der Waals surface area (Å²) in [5.74, 6) is 0.726. The number of carbonyl (C=O) groups is 1. The fourth-order valence-electron chi connectivity index (χ4n) is 2.87. The van der Waals surface area contributed by atoms with Crippen LogP contribution in [0.25, 0.3) is 10.2 Å². The molecule has 23 heavy (non-hydrogen) atoms. The average molecular weight is 334 g/mol. The van der Waals surface area contributed by atoms with Crippen LogP contribution < -0.4 is 10.6 Å². The SMILES string of the molecule is COC1CCC(Nc2nc(C(=O)NC(C)C)nc3sccc23)C1. The molecule has 1 amide bonds. The zero-order valence-electron chi connectivity index (χ0n) is 13.6. The van der Waals surface area contributed by atoms with Crippen molar-refractivity contribution in [1.29, 1.82) is 0 Å². The van der Waals surface area contributed by atoms with Crippen LogP contribution >= 0.6 is 11.3 Å². The molecule has 0 radical (unpaired) electrons. The minimum atomic E-state index is -0.237. The smallest absolute Gasteiger partial charge is 0.289 e. The van der Waals surface area contributed by atoms with E-state index in [1.165, 1.54) is 11.3 Å². The van der Waals surface area contributed by atoms with Crippen molar-refractivity contribution in [3.05, 3.63) is 17.3 Å². The van der Waals surface area contributed by atoms with Crippen molar-refractivity contribution in [3.63, 3.8) is 0 Å². The van der Waals surface area contributed by atoms with E-state index in [4.69, 9.17) is 4.74 Å². The molecule has 7 heteroatoms. The van der Waals surface area contributed by atoms with E-state index in [1.54, 1.807) is 7.11 Å². The molecule has 0 spiro atoms. The number of fused-ring (bicyclic) bond motifs is 1. The molecule has 0 bridgehead atoms. The third-order valence-electron chi connectivity index (χ3n) is 4.01. The van der Waals surface area contributed by atoms with Gasteiger partial charge in [0.05, 0.1) is 11.5 Å². The molecule has 1 saturated carbocycles. The minimum absolute atomic E-state index is 0.0545. The van der Waals surface area contributed by atoms with Gasteiger partial charge in [-0.25, -0.2) is 9.97 Å². The van der Waals surface area contributed by atoms with Crippen molar-refractivity contribution in [2.24, 2.45) is 0 Å². The Labute approximate surface area is 139 Å². The Morgan fingerprint density at radius 1 is 1.39 bits per heavy atom. The summed E-state index contributed by atoms with van der Waals surface area (Å²) in [7, 11) is 1.75. The van der Waals surface area contributed by atoms with E-state index in [9.17, 15) is 4.79 Å². The van der Waals surface area contributed by atoms with Crippen molar-refractivity contribution in [2.75, 3.05) is 12.4 Å². The van der Waals surface area contributed by atoms with Crippen LogP contribution in [0.5, 0.6) is 0 Å². The van der Waals surface area contributed by atoms with E-state index in [2.05, 4.69) is 20.6 Å². The first-order valence-corrected chi connectivity index (χ1v) is 8.80. The Morgan fingerprint density at radius 2 is 2.22 bits per heavy atom. The number of hydrogen-bond donors (Lipinski definition) is 2. The second-order valence-corrected chi connectivity index (χ2v) is 7.07. The second kappa shape index (κ2) is 6.80. The van der Waals surface area contributed by atoms with Crippen LogP contribution in [0.3, 0.4) is 0 Å². The number of methoxy groups -OCH3 is 1. The van der Waals surface area contributed by atoms with Crippen molar-refractivity contribution >= 4 is 33.3 Å². The molecular weight excluding hydrogens is 312 g/mol. The molecular formula is C16H22N4O2S. The van der Waals surface area contributed by atoms with Crippen LogP contribution in [0.15, 0.2) is 11.4 Å². The number of hydrogen-bond acceptors (Lipinski definition) is 6. The van der Waals surface area contributed by atoms with E-state index >= 15 is 0 Å². The lowest BCUT2D eigenvalue weighted by Gasteiger charge is -2.15. The maximum Gasteiger partial charge on any atom is 0.289 e. The molecule has 1 fully saturated rings. The summed E-state index contributed by atoms with van der Waals surface area (Å²) in [6.07, 6.45) is 3.35. The van der Waals surface area contributed by atoms with E-state index in [0.717, 1.165) is 35.3 Å². The molecule has 2 unspecified atom stereocenters. The molecule has 0 saturated heterocycles. The zero-order chi connectivity index (χ0) is 16.4. The second-order valence-electron chi connectivity index (χ2n) is 6.18. The number of amides is 1. The summed E-state index contributed by atoms with van der Waals surface area (Å²) in [4.78, 5) is 21.9. The quantitative estimate of drug-likeness (QED) is 0.879. The van der Waals surface area contributed by atoms with Crippen LogP contribution in [-0.4, -0.2) is 41.2 Å². The maximum atomic E-state index is 12.2. The Morgan fingerprint density at radius 3 is 2.91 bits per heavy atom. The summed E-state index contributed by atoms with van der Waals surface area (Å²) in [5.41, 5.74) is 0. The fraction of sp³-hybridized carbons (Fsp3) is 0.562. The normalized spacial score (nSPS) is 21.0. The van der Waals surface area contributed by atoms with Gasteiger partial charge in [-0.1, -0.05) is 0 Å². The Kier molecular flexibility index (Phi) is 4.77. The highest BCUT2D eigenvalue weighted by molar-refractivity contribution is 7.16. The van der Waals surface area contributed by atoms with Gasteiger partial charge in [0.1, 0.15) is 10.6 Å². The van der Waals surface area contributed by atoms with Gasteiger partial charge in [-0.3, -0.25) is 4.79 Å². The first-order chi connectivity index (χ1) is 11.1. The molecule has 0 aromatic carbocycles. The minimum Gasteiger partial charge on any atom is -0.381 e. The lowest BCUT2D eigenvalue weighted by molar-refractivity contribution is 0.0933. The number of anilines is 1. The summed E-state index contributed by atoms with van der Waals surface area (Å²) >= 11 is 1.52. The number of carbonyl (C=O) groups excluding carboxylic acids is 1. The van der Waals surface area contributed by atoms with E-state index < -0.39 is 0 Å². The first-order valence-electron chi connectivity index (χ1n) is 7.92. The van der Waals surface area contributed by atoms with Crippen molar-refractivity contribution < 1.29 is 9.53 Å². The van der Waals surface area contributed by atoms with E-state index in [0.29, 0.717) is 12.1 Å². The first kappa shape index (κ1) is 16.1. The molecule has 6 nitrogen and oxygen atoms in total. The summed E-state index contributed by atoms with van der Waals surface area (Å²) < 4.78 is 5.42. The van der Waals surface area contributed by atoms with Gasteiger partial charge in [0.25, 0.3) is 5.91 Å². The van der Waals surface area contributed by atoms with Gasteiger partial charge in [0.15, 0.2) is 0 Å². The number of ether oxygens (including phenoxy) is 1. The highest BCUT2D eigenvalue weighted by Crippen LogP contribution is 2.29. The van der Waals surface area contributed by atoms with Gasteiger partial charge in [0, 0.05) is 19.2 Å². The number of nitrogens with zero attached hydrogens (tertiary/aromatic N) is 2. The summed E-state index contributed by atoms with van der Waals surface area (Å²) in [5, 5.41) is 9.27. The molecule has 2 heterocycles. The van der Waals surface area contributed by atoms with Gasteiger partial charge in [0.2, 0.25) is 5.82 Å². The van der Waals surface area contributed by atoms with Crippen LogP contribution in [0.1, 0.15) is 43.7 Å². The topological polar surface area (TPSA) is 76.1 Å². The van der Waals surface area contributed by atoms with Gasteiger partial charge < -0.3 is 15.4 Å². The Balaban J connectivity index is 1.86. The van der Waals surface area contributed by atoms with Crippen LogP contribution in [-0.2, 0) is 4.74 Å². The molecule has 2 aromatic heterocycles. The van der Waals surface area contributed by atoms with Crippen LogP contribution in [0.2, 0.25) is 0 Å². The van der Waals surface area contributed by atoms with E-state index in [1.807, 2.05) is 25.3 Å². The number of thiophene rings is 1. The molecule has 2 N–H and O–H groups in total. The fourth-order valence-corrected chi connectivity index (χ4v) is 3.64. The van der Waals surface area contributed by atoms with Crippen molar-refractivity contribution in [2.45, 2.75) is 51.3 Å². The third-order valence-corrected chi connectivity index (χ3v) is 4.81. The standard InChI is InChI=1S/C16H22N4O2S/c1-9(2)17-15(21)14-19-13(12-6-7-23-16(12)20-14)18-10-4-5-11(8-10)22-3/h6-7,9-11H,4-5,8H2,1-3H3,(H,17,21)(H,18,19,20). The molecule has 1 aliphatic rings. The molecule has 2 atom stereocenters. The molecule has 1 aliphatic carbocycles. The Hall–Kier alpha value is -1.73. The number of aromatic nitrogens is 2. The predicted molar refractivity (Wildman–Crippen MR) is 92.1 cm³/mol. The van der Waals surface area contributed by atoms with Crippen molar-refractivity contribution in [1.82, 2.24) is 15.3 Å². The summed E-state index contributed by atoms with van der Waals surface area (Å²) in [6, 6.07) is 2.37. The molecule has 2 aromatic rings. The highest BCUT2D eigenvalue weighted by Gasteiger charge is 2.26. The molecule has 3 rings (SSSR count). The average Bonchev–Trinajstić information content (AvgIpc) is 3.14. The number of rotatable bonds is 5. The van der Waals surface area contributed by atoms with Gasteiger partial charge in [-0.2, -0.15) is 0 Å². The van der Waals surface area contributed by atoms with Gasteiger partial charge in [-0.15, -0.1) is 11.3 Å². The molecule has 0 aliphatic heterocycles. The lowest BCUT2D eigenvalue weighted by Crippen LogP contribution is -2.31. The Bertz CT molecular complexity index is 700. The number of nitrogens with one attached hydrogen (secondary N) is 2. The predicted octanol–water partition coefficient (Wildman–Crippen LogP) is 2.81. The van der Waals surface area contributed by atoms with Crippen molar-refractivity contribution in [3.8, 4) is 0 Å². The highest BCUT2D eigenvalue weighted by atomic mass is 32.1. The van der Waals surface area contributed by atoms with Gasteiger partial charge >= 0.3 is 0 Å². The van der Waals surface area contributed by atoms with Crippen LogP contribution in [0.4, 0.5) is 5.82 Å². The zero-order valence-corrected chi connectivity index (χ0v) is 14.4. The molecule has 124 valence electrons.